The summed E-state index contributed by atoms with van der Waals surface area (Å²) in [6.45, 7) is 4.81. The first-order chi connectivity index (χ1) is 14.1. The molecule has 1 aromatic heterocycles. The number of ether oxygens (including phenoxy) is 1. The minimum absolute atomic E-state index is 0.578. The van der Waals surface area contributed by atoms with Gasteiger partial charge in [0, 0.05) is 17.6 Å². The van der Waals surface area contributed by atoms with Gasteiger partial charge in [-0.15, -0.1) is 0 Å². The predicted octanol–water partition coefficient (Wildman–Crippen LogP) is 5.61. The highest BCUT2D eigenvalue weighted by molar-refractivity contribution is 5.90. The van der Waals surface area contributed by atoms with Crippen LogP contribution in [0.4, 0.5) is 17.5 Å². The van der Waals surface area contributed by atoms with Gasteiger partial charge in [-0.05, 0) is 60.9 Å². The Labute approximate surface area is 170 Å². The van der Waals surface area contributed by atoms with Crippen molar-refractivity contribution in [2.24, 2.45) is 0 Å². The second-order valence-corrected chi connectivity index (χ2v) is 7.06. The lowest BCUT2D eigenvalue weighted by molar-refractivity contribution is 0.414. The summed E-state index contributed by atoms with van der Waals surface area (Å²) in [5.74, 6) is 2.23. The SMILES string of the molecule is COc1ccc(CNc2nc(Nc3cc(C)ccc3C)nc3ccccc23)cc1. The standard InChI is InChI=1S/C24H24N4O/c1-16-8-9-17(2)22(14-16)27-24-26-21-7-5-4-6-20(21)23(28-24)25-15-18-10-12-19(29-3)13-11-18/h4-14H,15H2,1-3H3,(H2,25,26,27,28). The van der Waals surface area contributed by atoms with E-state index < -0.39 is 0 Å². The maximum Gasteiger partial charge on any atom is 0.229 e. The lowest BCUT2D eigenvalue weighted by Crippen LogP contribution is -2.06. The van der Waals surface area contributed by atoms with Crippen LogP contribution in [0.25, 0.3) is 10.9 Å². The topological polar surface area (TPSA) is 59.1 Å². The molecule has 0 bridgehead atoms. The van der Waals surface area contributed by atoms with E-state index in [1.54, 1.807) is 7.11 Å². The second-order valence-electron chi connectivity index (χ2n) is 7.06. The van der Waals surface area contributed by atoms with Gasteiger partial charge in [0.2, 0.25) is 5.95 Å². The lowest BCUT2D eigenvalue weighted by atomic mass is 10.1. The molecule has 3 aromatic carbocycles. The summed E-state index contributed by atoms with van der Waals surface area (Å²) in [4.78, 5) is 9.46. The molecule has 0 saturated heterocycles. The van der Waals surface area contributed by atoms with Gasteiger partial charge in [0.1, 0.15) is 11.6 Å². The van der Waals surface area contributed by atoms with E-state index in [9.17, 15) is 0 Å². The minimum atomic E-state index is 0.578. The van der Waals surface area contributed by atoms with Gasteiger partial charge in [-0.1, -0.05) is 36.4 Å². The van der Waals surface area contributed by atoms with E-state index in [0.29, 0.717) is 12.5 Å². The third-order valence-electron chi connectivity index (χ3n) is 4.86. The maximum absolute atomic E-state index is 5.23. The molecule has 0 atom stereocenters. The summed E-state index contributed by atoms with van der Waals surface area (Å²) in [5, 5.41) is 7.83. The summed E-state index contributed by atoms with van der Waals surface area (Å²) in [7, 11) is 1.67. The van der Waals surface area contributed by atoms with E-state index in [0.717, 1.165) is 39.3 Å². The number of aryl methyl sites for hydroxylation is 2. The molecule has 0 fully saturated rings. The molecule has 0 aliphatic rings. The molecule has 2 N–H and O–H groups in total. The number of nitrogens with zero attached hydrogens (tertiary/aromatic N) is 2. The number of benzene rings is 3. The Morgan fingerprint density at radius 2 is 1.69 bits per heavy atom. The van der Waals surface area contributed by atoms with Gasteiger partial charge < -0.3 is 15.4 Å². The number of hydrogen-bond acceptors (Lipinski definition) is 5. The Kier molecular flexibility index (Phi) is 5.29. The largest absolute Gasteiger partial charge is 0.497 e. The fraction of sp³-hybridized carbons (Fsp3) is 0.167. The van der Waals surface area contributed by atoms with E-state index in [-0.39, 0.29) is 0 Å². The van der Waals surface area contributed by atoms with Crippen LogP contribution < -0.4 is 15.4 Å². The van der Waals surface area contributed by atoms with Crippen LogP contribution in [0.5, 0.6) is 5.75 Å². The number of fused-ring (bicyclic) bond motifs is 1. The fourth-order valence-electron chi connectivity index (χ4n) is 3.19. The average Bonchev–Trinajstić information content (AvgIpc) is 2.75. The molecule has 0 radical (unpaired) electrons. The molecular weight excluding hydrogens is 360 g/mol. The average molecular weight is 384 g/mol. The molecule has 5 nitrogen and oxygen atoms in total. The third-order valence-corrected chi connectivity index (χ3v) is 4.86. The number of para-hydroxylation sites is 1. The number of anilines is 3. The second kappa shape index (κ2) is 8.19. The maximum atomic E-state index is 5.23. The van der Waals surface area contributed by atoms with Crippen LogP contribution in [0.2, 0.25) is 0 Å². The zero-order valence-electron chi connectivity index (χ0n) is 16.9. The molecule has 4 rings (SSSR count). The van der Waals surface area contributed by atoms with Crippen molar-refractivity contribution in [1.82, 2.24) is 9.97 Å². The first-order valence-electron chi connectivity index (χ1n) is 9.60. The normalized spacial score (nSPS) is 10.7. The summed E-state index contributed by atoms with van der Waals surface area (Å²) in [5.41, 5.74) is 5.41. The zero-order chi connectivity index (χ0) is 20.2. The Hall–Kier alpha value is -3.60. The molecule has 0 aliphatic carbocycles. The Bertz CT molecular complexity index is 1140. The molecule has 29 heavy (non-hydrogen) atoms. The van der Waals surface area contributed by atoms with Crippen LogP contribution in [-0.4, -0.2) is 17.1 Å². The Morgan fingerprint density at radius 1 is 0.897 bits per heavy atom. The molecule has 0 saturated carbocycles. The predicted molar refractivity (Wildman–Crippen MR) is 119 cm³/mol. The van der Waals surface area contributed by atoms with Gasteiger partial charge in [0.25, 0.3) is 0 Å². The van der Waals surface area contributed by atoms with E-state index in [1.165, 1.54) is 5.56 Å². The molecule has 0 unspecified atom stereocenters. The quantitative estimate of drug-likeness (QED) is 0.452. The number of aromatic nitrogens is 2. The highest BCUT2D eigenvalue weighted by Gasteiger charge is 2.09. The Balaban J connectivity index is 1.64. The molecule has 1 heterocycles. The van der Waals surface area contributed by atoms with Crippen molar-refractivity contribution in [2.45, 2.75) is 20.4 Å². The van der Waals surface area contributed by atoms with Crippen molar-refractivity contribution in [1.29, 1.82) is 0 Å². The molecule has 4 aromatic rings. The molecule has 0 spiro atoms. The van der Waals surface area contributed by atoms with Crippen molar-refractivity contribution >= 4 is 28.4 Å². The van der Waals surface area contributed by atoms with E-state index in [4.69, 9.17) is 14.7 Å². The highest BCUT2D eigenvalue weighted by atomic mass is 16.5. The summed E-state index contributed by atoms with van der Waals surface area (Å²) < 4.78 is 5.23. The number of methoxy groups -OCH3 is 1. The number of nitrogens with one attached hydrogen (secondary N) is 2. The van der Waals surface area contributed by atoms with E-state index in [2.05, 4.69) is 42.7 Å². The molecule has 146 valence electrons. The fourth-order valence-corrected chi connectivity index (χ4v) is 3.19. The van der Waals surface area contributed by atoms with Gasteiger partial charge in [-0.3, -0.25) is 0 Å². The minimum Gasteiger partial charge on any atom is -0.497 e. The smallest absolute Gasteiger partial charge is 0.229 e. The van der Waals surface area contributed by atoms with E-state index >= 15 is 0 Å². The van der Waals surface area contributed by atoms with Crippen molar-refractivity contribution in [3.05, 3.63) is 83.4 Å². The summed E-state index contributed by atoms with van der Waals surface area (Å²) in [6.07, 6.45) is 0. The number of hydrogen-bond donors (Lipinski definition) is 2. The molecular formula is C24H24N4O. The first kappa shape index (κ1) is 18.7. The third kappa shape index (κ3) is 4.29. The van der Waals surface area contributed by atoms with Gasteiger partial charge in [-0.25, -0.2) is 4.98 Å². The van der Waals surface area contributed by atoms with Gasteiger partial charge in [-0.2, -0.15) is 4.98 Å². The highest BCUT2D eigenvalue weighted by Crippen LogP contribution is 2.26. The van der Waals surface area contributed by atoms with Crippen LogP contribution in [0.1, 0.15) is 16.7 Å². The van der Waals surface area contributed by atoms with Gasteiger partial charge in [0.05, 0.1) is 12.6 Å². The molecule has 0 amide bonds. The van der Waals surface area contributed by atoms with Gasteiger partial charge in [0.15, 0.2) is 0 Å². The van der Waals surface area contributed by atoms with Crippen LogP contribution >= 0.6 is 0 Å². The molecule has 5 heteroatoms. The van der Waals surface area contributed by atoms with Crippen molar-refractivity contribution < 1.29 is 4.74 Å². The zero-order valence-corrected chi connectivity index (χ0v) is 16.9. The van der Waals surface area contributed by atoms with E-state index in [1.807, 2.05) is 48.5 Å². The van der Waals surface area contributed by atoms with Crippen molar-refractivity contribution in [2.75, 3.05) is 17.7 Å². The molecule has 0 aliphatic heterocycles. The van der Waals surface area contributed by atoms with Gasteiger partial charge >= 0.3 is 0 Å². The monoisotopic (exact) mass is 384 g/mol. The van der Waals surface area contributed by atoms with Crippen molar-refractivity contribution in [3.63, 3.8) is 0 Å². The van der Waals surface area contributed by atoms with Crippen LogP contribution in [0, 0.1) is 13.8 Å². The number of rotatable bonds is 6. The van der Waals surface area contributed by atoms with Crippen LogP contribution in [0.3, 0.4) is 0 Å². The lowest BCUT2D eigenvalue weighted by Gasteiger charge is -2.13. The van der Waals surface area contributed by atoms with Crippen LogP contribution in [0.15, 0.2) is 66.7 Å². The van der Waals surface area contributed by atoms with Crippen molar-refractivity contribution in [3.8, 4) is 5.75 Å². The first-order valence-corrected chi connectivity index (χ1v) is 9.60. The Morgan fingerprint density at radius 3 is 2.48 bits per heavy atom. The summed E-state index contributed by atoms with van der Waals surface area (Å²) in [6, 6.07) is 22.4. The van der Waals surface area contributed by atoms with Crippen LogP contribution in [-0.2, 0) is 6.54 Å². The summed E-state index contributed by atoms with van der Waals surface area (Å²) >= 11 is 0.